The van der Waals surface area contributed by atoms with Crippen LogP contribution < -0.4 is 5.73 Å². The monoisotopic (exact) mass is 283 g/mol. The molecule has 0 spiro atoms. The third-order valence-electron chi connectivity index (χ3n) is 3.00. The van der Waals surface area contributed by atoms with Crippen LogP contribution in [0.4, 0.5) is 17.6 Å². The molecular weight excluding hydrogens is 270 g/mol. The van der Waals surface area contributed by atoms with Crippen molar-refractivity contribution in [2.75, 3.05) is 0 Å². The molecule has 0 heterocycles. The molecular formula is C12H14ClF4N. The molecule has 0 aliphatic heterocycles. The van der Waals surface area contributed by atoms with Crippen LogP contribution >= 0.6 is 12.4 Å². The van der Waals surface area contributed by atoms with Crippen molar-refractivity contribution in [3.8, 4) is 0 Å². The fourth-order valence-corrected chi connectivity index (χ4v) is 1.94. The number of hydrogen-bond donors (Lipinski definition) is 1. The smallest absolute Gasteiger partial charge is 0.324 e. The summed E-state index contributed by atoms with van der Waals surface area (Å²) < 4.78 is 51.0. The van der Waals surface area contributed by atoms with Crippen molar-refractivity contribution in [1.82, 2.24) is 0 Å². The van der Waals surface area contributed by atoms with Gasteiger partial charge in [0.2, 0.25) is 0 Å². The number of hydrogen-bond acceptors (Lipinski definition) is 1. The normalized spacial score (nSPS) is 17.2. The van der Waals surface area contributed by atoms with E-state index in [4.69, 9.17) is 5.73 Å². The maximum absolute atomic E-state index is 12.9. The minimum atomic E-state index is -4.56. The van der Waals surface area contributed by atoms with Gasteiger partial charge in [-0.25, -0.2) is 4.39 Å². The van der Waals surface area contributed by atoms with E-state index in [-0.39, 0.29) is 18.0 Å². The summed E-state index contributed by atoms with van der Waals surface area (Å²) in [6.07, 6.45) is -1.97. The number of halogens is 5. The van der Waals surface area contributed by atoms with Gasteiger partial charge in [0.05, 0.1) is 5.56 Å². The molecule has 2 N–H and O–H groups in total. The van der Waals surface area contributed by atoms with Gasteiger partial charge < -0.3 is 5.73 Å². The lowest BCUT2D eigenvalue weighted by Crippen LogP contribution is -2.18. The zero-order valence-electron chi connectivity index (χ0n) is 9.51. The van der Waals surface area contributed by atoms with Crippen LogP contribution in [-0.2, 0) is 6.18 Å². The zero-order valence-corrected chi connectivity index (χ0v) is 10.3. The Morgan fingerprint density at radius 3 is 2.39 bits per heavy atom. The minimum Gasteiger partial charge on any atom is -0.324 e. The maximum Gasteiger partial charge on any atom is 0.416 e. The third kappa shape index (κ3) is 3.59. The van der Waals surface area contributed by atoms with E-state index in [0.29, 0.717) is 18.4 Å². The molecule has 0 radical (unpaired) electrons. The van der Waals surface area contributed by atoms with Crippen LogP contribution in [0.1, 0.15) is 36.4 Å². The molecule has 6 heteroatoms. The van der Waals surface area contributed by atoms with Crippen LogP contribution in [0.2, 0.25) is 0 Å². The molecule has 0 amide bonds. The van der Waals surface area contributed by atoms with E-state index in [9.17, 15) is 17.6 Å². The Morgan fingerprint density at radius 2 is 1.89 bits per heavy atom. The third-order valence-corrected chi connectivity index (χ3v) is 3.00. The van der Waals surface area contributed by atoms with Crippen LogP contribution in [0.3, 0.4) is 0 Å². The molecule has 1 nitrogen and oxygen atoms in total. The molecule has 1 fully saturated rings. The summed E-state index contributed by atoms with van der Waals surface area (Å²) in [4.78, 5) is 0. The molecule has 0 bridgehead atoms. The van der Waals surface area contributed by atoms with Gasteiger partial charge in [-0.3, -0.25) is 0 Å². The summed E-state index contributed by atoms with van der Waals surface area (Å²) in [5.41, 5.74) is 4.80. The SMILES string of the molecule is Cl.N[C@@H](CC1CC1)c1ccc(F)cc1C(F)(F)F. The Hall–Kier alpha value is -0.810. The Bertz CT molecular complexity index is 415. The van der Waals surface area contributed by atoms with Crippen molar-refractivity contribution in [3.63, 3.8) is 0 Å². The van der Waals surface area contributed by atoms with Gasteiger partial charge in [-0.1, -0.05) is 18.9 Å². The first-order valence-corrected chi connectivity index (χ1v) is 5.50. The summed E-state index contributed by atoms with van der Waals surface area (Å²) in [6, 6.07) is 2.02. The lowest BCUT2D eigenvalue weighted by molar-refractivity contribution is -0.138. The molecule has 1 aromatic carbocycles. The topological polar surface area (TPSA) is 26.0 Å². The van der Waals surface area contributed by atoms with Crippen molar-refractivity contribution < 1.29 is 17.6 Å². The van der Waals surface area contributed by atoms with E-state index >= 15 is 0 Å². The van der Waals surface area contributed by atoms with Crippen molar-refractivity contribution in [2.45, 2.75) is 31.5 Å². The molecule has 2 rings (SSSR count). The van der Waals surface area contributed by atoms with Gasteiger partial charge in [-0.2, -0.15) is 13.2 Å². The second kappa shape index (κ2) is 5.45. The van der Waals surface area contributed by atoms with E-state index < -0.39 is 23.6 Å². The Kier molecular flexibility index (Phi) is 4.61. The first-order valence-electron chi connectivity index (χ1n) is 5.50. The first kappa shape index (κ1) is 15.2. The number of nitrogens with two attached hydrogens (primary N) is 1. The summed E-state index contributed by atoms with van der Waals surface area (Å²) in [6.45, 7) is 0. The van der Waals surface area contributed by atoms with E-state index in [0.717, 1.165) is 25.0 Å². The standard InChI is InChI=1S/C12H13F4N.ClH/c13-8-3-4-9(10(6-8)12(14,15)16)11(17)5-7-1-2-7;/h3-4,6-7,11H,1-2,5,17H2;1H/t11-;/m0./s1. The van der Waals surface area contributed by atoms with Crippen molar-refractivity contribution in [2.24, 2.45) is 11.7 Å². The van der Waals surface area contributed by atoms with E-state index in [1.807, 2.05) is 0 Å². The maximum atomic E-state index is 12.9. The van der Waals surface area contributed by atoms with Crippen molar-refractivity contribution in [1.29, 1.82) is 0 Å². The second-order valence-corrected chi connectivity index (χ2v) is 4.51. The van der Waals surface area contributed by atoms with Gasteiger partial charge in [0.25, 0.3) is 0 Å². The fourth-order valence-electron chi connectivity index (χ4n) is 1.94. The number of rotatable bonds is 3. The largest absolute Gasteiger partial charge is 0.416 e. The Balaban J connectivity index is 0.00000162. The molecule has 1 aliphatic rings. The Morgan fingerprint density at radius 1 is 1.28 bits per heavy atom. The van der Waals surface area contributed by atoms with Gasteiger partial charge in [0.1, 0.15) is 5.82 Å². The average molecular weight is 284 g/mol. The van der Waals surface area contributed by atoms with Gasteiger partial charge in [0, 0.05) is 6.04 Å². The molecule has 18 heavy (non-hydrogen) atoms. The molecule has 0 saturated heterocycles. The summed E-state index contributed by atoms with van der Waals surface area (Å²) >= 11 is 0. The van der Waals surface area contributed by atoms with E-state index in [2.05, 4.69) is 0 Å². The zero-order chi connectivity index (χ0) is 12.6. The van der Waals surface area contributed by atoms with Crippen LogP contribution in [0.15, 0.2) is 18.2 Å². The highest BCUT2D eigenvalue weighted by Gasteiger charge is 2.36. The van der Waals surface area contributed by atoms with E-state index in [1.165, 1.54) is 0 Å². The van der Waals surface area contributed by atoms with Crippen molar-refractivity contribution in [3.05, 3.63) is 35.1 Å². The quantitative estimate of drug-likeness (QED) is 0.832. The molecule has 1 aliphatic carbocycles. The van der Waals surface area contributed by atoms with Gasteiger partial charge in [-0.15, -0.1) is 12.4 Å². The van der Waals surface area contributed by atoms with Crippen molar-refractivity contribution >= 4 is 12.4 Å². The molecule has 0 unspecified atom stereocenters. The molecule has 0 aromatic heterocycles. The van der Waals surface area contributed by atoms with Gasteiger partial charge in [0.15, 0.2) is 0 Å². The van der Waals surface area contributed by atoms with Crippen LogP contribution in [0.5, 0.6) is 0 Å². The molecule has 1 saturated carbocycles. The lowest BCUT2D eigenvalue weighted by atomic mass is 9.96. The highest BCUT2D eigenvalue weighted by molar-refractivity contribution is 5.85. The highest BCUT2D eigenvalue weighted by atomic mass is 35.5. The number of benzene rings is 1. The van der Waals surface area contributed by atoms with Gasteiger partial charge in [-0.05, 0) is 30.0 Å². The molecule has 102 valence electrons. The van der Waals surface area contributed by atoms with Crippen LogP contribution in [-0.4, -0.2) is 0 Å². The molecule has 1 atom stereocenters. The minimum absolute atomic E-state index is 0. The van der Waals surface area contributed by atoms with E-state index in [1.54, 1.807) is 0 Å². The lowest BCUT2D eigenvalue weighted by Gasteiger charge is -2.18. The first-order chi connectivity index (χ1) is 7.88. The summed E-state index contributed by atoms with van der Waals surface area (Å²) in [5.74, 6) is -0.462. The van der Waals surface area contributed by atoms with Gasteiger partial charge >= 0.3 is 6.18 Å². The van der Waals surface area contributed by atoms with Crippen LogP contribution in [0.25, 0.3) is 0 Å². The van der Waals surface area contributed by atoms with Crippen LogP contribution in [0, 0.1) is 11.7 Å². The average Bonchev–Trinajstić information content (AvgIpc) is 3.00. The summed E-state index contributed by atoms with van der Waals surface area (Å²) in [5, 5.41) is 0. The number of alkyl halides is 3. The highest BCUT2D eigenvalue weighted by Crippen LogP contribution is 2.40. The molecule has 1 aromatic rings. The fraction of sp³-hybridized carbons (Fsp3) is 0.500. The predicted molar refractivity (Wildman–Crippen MR) is 62.9 cm³/mol. The predicted octanol–water partition coefficient (Wildman–Crippen LogP) is 4.07. The second-order valence-electron chi connectivity index (χ2n) is 4.51. The summed E-state index contributed by atoms with van der Waals surface area (Å²) in [7, 11) is 0. The Labute approximate surface area is 109 Å².